The van der Waals surface area contributed by atoms with Crippen molar-refractivity contribution in [3.8, 4) is 0 Å². The quantitative estimate of drug-likeness (QED) is 0.691. The lowest BCUT2D eigenvalue weighted by Gasteiger charge is -1.92. The van der Waals surface area contributed by atoms with E-state index in [4.69, 9.17) is 5.11 Å². The SMILES string of the molecule is O=C=Nc1ccc(C(=O)O)cc1.O=C=Nc1ccccc1. The number of hydrogen-bond donors (Lipinski definition) is 1. The van der Waals surface area contributed by atoms with Gasteiger partial charge in [0.25, 0.3) is 0 Å². The van der Waals surface area contributed by atoms with Crippen molar-refractivity contribution in [2.24, 2.45) is 9.98 Å². The normalized spacial score (nSPS) is 8.38. The molecule has 0 radical (unpaired) electrons. The Balaban J connectivity index is 0.000000219. The number of para-hydroxylation sites is 1. The van der Waals surface area contributed by atoms with Crippen molar-refractivity contribution in [3.63, 3.8) is 0 Å². The Morgan fingerprint density at radius 2 is 1.29 bits per heavy atom. The van der Waals surface area contributed by atoms with Crippen LogP contribution in [0.3, 0.4) is 0 Å². The number of benzene rings is 2. The number of aliphatic imine (C=N–C) groups is 2. The first kappa shape index (κ1) is 15.7. The van der Waals surface area contributed by atoms with Crippen molar-refractivity contribution >= 4 is 29.5 Å². The van der Waals surface area contributed by atoms with Crippen LogP contribution >= 0.6 is 0 Å². The first-order chi connectivity index (χ1) is 10.2. The second-order valence-corrected chi connectivity index (χ2v) is 3.59. The summed E-state index contributed by atoms with van der Waals surface area (Å²) in [6, 6.07) is 14.6. The Hall–Kier alpha value is -3.33. The van der Waals surface area contributed by atoms with Gasteiger partial charge in [0.1, 0.15) is 0 Å². The number of carboxylic acid groups (broad SMARTS) is 1. The second kappa shape index (κ2) is 8.72. The van der Waals surface area contributed by atoms with Crippen LogP contribution in [0.1, 0.15) is 10.4 Å². The van der Waals surface area contributed by atoms with Gasteiger partial charge in [-0.2, -0.15) is 9.98 Å². The zero-order valence-corrected chi connectivity index (χ0v) is 10.8. The first-order valence-electron chi connectivity index (χ1n) is 5.71. The molecule has 104 valence electrons. The molecular formula is C15H10N2O4. The Morgan fingerprint density at radius 3 is 1.71 bits per heavy atom. The van der Waals surface area contributed by atoms with Gasteiger partial charge in [-0.05, 0) is 36.4 Å². The molecule has 0 aliphatic carbocycles. The predicted octanol–water partition coefficient (Wildman–Crippen LogP) is 3.01. The molecule has 0 saturated carbocycles. The van der Waals surface area contributed by atoms with E-state index in [1.165, 1.54) is 36.4 Å². The van der Waals surface area contributed by atoms with E-state index in [1.807, 2.05) is 18.2 Å². The fourth-order valence-corrected chi connectivity index (χ4v) is 1.29. The average molecular weight is 282 g/mol. The minimum atomic E-state index is -1.00. The standard InChI is InChI=1S/C8H5NO3.C7H5NO/c10-5-9-7-3-1-6(2-4-7)8(11)12;9-6-8-7-4-2-1-3-5-7/h1-4H,(H,11,12);1-5H. The number of isocyanates is 2. The molecule has 0 aliphatic rings. The van der Waals surface area contributed by atoms with Crippen molar-refractivity contribution in [1.82, 2.24) is 0 Å². The summed E-state index contributed by atoms with van der Waals surface area (Å²) in [7, 11) is 0. The molecule has 2 aromatic carbocycles. The second-order valence-electron chi connectivity index (χ2n) is 3.59. The van der Waals surface area contributed by atoms with Gasteiger partial charge in [-0.3, -0.25) is 0 Å². The maximum atomic E-state index is 10.4. The highest BCUT2D eigenvalue weighted by Crippen LogP contribution is 2.11. The number of nitrogens with zero attached hydrogens (tertiary/aromatic N) is 2. The molecule has 0 fully saturated rings. The molecule has 2 rings (SSSR count). The minimum absolute atomic E-state index is 0.167. The van der Waals surface area contributed by atoms with Gasteiger partial charge >= 0.3 is 5.97 Å². The van der Waals surface area contributed by atoms with Crippen molar-refractivity contribution in [1.29, 1.82) is 0 Å². The maximum absolute atomic E-state index is 10.4. The van der Waals surface area contributed by atoms with Crippen LogP contribution < -0.4 is 0 Å². The number of carbonyl (C=O) groups is 1. The van der Waals surface area contributed by atoms with Crippen LogP contribution in [0.2, 0.25) is 0 Å². The highest BCUT2D eigenvalue weighted by Gasteiger charge is 2.00. The summed E-state index contributed by atoms with van der Waals surface area (Å²) in [5, 5.41) is 8.50. The lowest BCUT2D eigenvalue weighted by Crippen LogP contribution is -1.93. The topological polar surface area (TPSA) is 96.2 Å². The molecule has 0 aliphatic heterocycles. The third-order valence-corrected chi connectivity index (χ3v) is 2.22. The zero-order chi connectivity index (χ0) is 15.5. The lowest BCUT2D eigenvalue weighted by molar-refractivity contribution is 0.0697. The van der Waals surface area contributed by atoms with Gasteiger partial charge in [0.05, 0.1) is 16.9 Å². The van der Waals surface area contributed by atoms with Gasteiger partial charge in [0.2, 0.25) is 12.2 Å². The number of carboxylic acids is 1. The van der Waals surface area contributed by atoms with E-state index in [0.29, 0.717) is 11.4 Å². The minimum Gasteiger partial charge on any atom is -0.478 e. The van der Waals surface area contributed by atoms with Crippen molar-refractivity contribution < 1.29 is 19.5 Å². The van der Waals surface area contributed by atoms with Crippen molar-refractivity contribution in [3.05, 3.63) is 60.2 Å². The Bertz CT molecular complexity index is 662. The summed E-state index contributed by atoms with van der Waals surface area (Å²) in [5.74, 6) is -1.00. The molecule has 21 heavy (non-hydrogen) atoms. The summed E-state index contributed by atoms with van der Waals surface area (Å²) >= 11 is 0. The van der Waals surface area contributed by atoms with E-state index in [0.717, 1.165) is 0 Å². The Kier molecular flexibility index (Phi) is 6.53. The molecule has 0 heterocycles. The third-order valence-electron chi connectivity index (χ3n) is 2.22. The van der Waals surface area contributed by atoms with Crippen LogP contribution in [0, 0.1) is 0 Å². The fraction of sp³-hybridized carbons (Fsp3) is 0. The van der Waals surface area contributed by atoms with Gasteiger partial charge in [-0.15, -0.1) is 0 Å². The highest BCUT2D eigenvalue weighted by atomic mass is 16.4. The molecule has 0 atom stereocenters. The lowest BCUT2D eigenvalue weighted by atomic mass is 10.2. The molecule has 0 bridgehead atoms. The predicted molar refractivity (Wildman–Crippen MR) is 75.4 cm³/mol. The summed E-state index contributed by atoms with van der Waals surface area (Å²) < 4.78 is 0. The largest absolute Gasteiger partial charge is 0.478 e. The molecule has 0 spiro atoms. The van der Waals surface area contributed by atoms with Gasteiger partial charge < -0.3 is 5.11 Å². The first-order valence-corrected chi connectivity index (χ1v) is 5.71. The highest BCUT2D eigenvalue weighted by molar-refractivity contribution is 5.87. The fourth-order valence-electron chi connectivity index (χ4n) is 1.29. The molecule has 0 aromatic heterocycles. The molecule has 2 aromatic rings. The van der Waals surface area contributed by atoms with Crippen LogP contribution in [0.4, 0.5) is 11.4 Å². The monoisotopic (exact) mass is 282 g/mol. The molecule has 0 saturated heterocycles. The van der Waals surface area contributed by atoms with Crippen LogP contribution in [0.15, 0.2) is 64.6 Å². The average Bonchev–Trinajstić information content (AvgIpc) is 2.50. The van der Waals surface area contributed by atoms with Gasteiger partial charge in [0, 0.05) is 0 Å². The van der Waals surface area contributed by atoms with E-state index >= 15 is 0 Å². The van der Waals surface area contributed by atoms with Crippen molar-refractivity contribution in [2.45, 2.75) is 0 Å². The molecule has 0 unspecified atom stereocenters. The summed E-state index contributed by atoms with van der Waals surface area (Å²) in [5.41, 5.74) is 1.21. The number of aromatic carboxylic acids is 1. The zero-order valence-electron chi connectivity index (χ0n) is 10.8. The van der Waals surface area contributed by atoms with E-state index in [2.05, 4.69) is 9.98 Å². The molecule has 0 amide bonds. The maximum Gasteiger partial charge on any atom is 0.335 e. The molecule has 6 heteroatoms. The smallest absolute Gasteiger partial charge is 0.335 e. The molecular weight excluding hydrogens is 272 g/mol. The molecule has 6 nitrogen and oxygen atoms in total. The summed E-state index contributed by atoms with van der Waals surface area (Å²) in [6.45, 7) is 0. The van der Waals surface area contributed by atoms with E-state index < -0.39 is 5.97 Å². The van der Waals surface area contributed by atoms with Gasteiger partial charge in [-0.1, -0.05) is 18.2 Å². The number of rotatable bonds is 3. The molecule has 1 N–H and O–H groups in total. The van der Waals surface area contributed by atoms with E-state index in [1.54, 1.807) is 12.1 Å². The number of carbonyl (C=O) groups excluding carboxylic acids is 2. The third kappa shape index (κ3) is 5.89. The van der Waals surface area contributed by atoms with Crippen LogP contribution in [0.5, 0.6) is 0 Å². The summed E-state index contributed by atoms with van der Waals surface area (Å²) in [6.07, 6.45) is 2.82. The van der Waals surface area contributed by atoms with Crippen LogP contribution in [-0.4, -0.2) is 23.2 Å². The van der Waals surface area contributed by atoms with E-state index in [-0.39, 0.29) is 5.56 Å². The summed E-state index contributed by atoms with van der Waals surface area (Å²) in [4.78, 5) is 36.5. The Morgan fingerprint density at radius 1 is 0.810 bits per heavy atom. The Labute approximate surface area is 120 Å². The van der Waals surface area contributed by atoms with Gasteiger partial charge in [-0.25, -0.2) is 14.4 Å². The van der Waals surface area contributed by atoms with Gasteiger partial charge in [0.15, 0.2) is 0 Å². The van der Waals surface area contributed by atoms with Crippen LogP contribution in [0.25, 0.3) is 0 Å². The van der Waals surface area contributed by atoms with Crippen LogP contribution in [-0.2, 0) is 9.59 Å². The van der Waals surface area contributed by atoms with Crippen molar-refractivity contribution in [2.75, 3.05) is 0 Å². The number of hydrogen-bond acceptors (Lipinski definition) is 5. The van der Waals surface area contributed by atoms with E-state index in [9.17, 15) is 14.4 Å².